The van der Waals surface area contributed by atoms with Crippen LogP contribution in [0, 0.1) is 0 Å². The average molecular weight is 610 g/mol. The minimum Gasteiger partial charge on any atom is -0.494 e. The number of aromatic nitrogens is 3. The van der Waals surface area contributed by atoms with Crippen molar-refractivity contribution in [2.75, 3.05) is 13.2 Å². The van der Waals surface area contributed by atoms with Gasteiger partial charge in [0.1, 0.15) is 11.5 Å². The van der Waals surface area contributed by atoms with Crippen molar-refractivity contribution in [3.8, 4) is 39.8 Å². The lowest BCUT2D eigenvalue weighted by molar-refractivity contribution is 0.304. The molecule has 0 amide bonds. The Morgan fingerprint density at radius 3 is 1.51 bits per heavy atom. The van der Waals surface area contributed by atoms with Gasteiger partial charge in [-0.15, -0.1) is 0 Å². The summed E-state index contributed by atoms with van der Waals surface area (Å²) in [5, 5.41) is 4.99. The maximum absolute atomic E-state index is 6.06. The van der Waals surface area contributed by atoms with Gasteiger partial charge in [0, 0.05) is 17.3 Å². The quantitative estimate of drug-likeness (QED) is 0.0785. The lowest BCUT2D eigenvalue weighted by atomic mass is 10.1. The van der Waals surface area contributed by atoms with Crippen molar-refractivity contribution in [2.45, 2.75) is 117 Å². The molecule has 0 aliphatic heterocycles. The summed E-state index contributed by atoms with van der Waals surface area (Å²) in [6.45, 7) is 6.07. The van der Waals surface area contributed by atoms with Gasteiger partial charge in [0.25, 0.3) is 0 Å². The molecule has 4 rings (SSSR count). The number of nitrogens with zero attached hydrogens (tertiary/aromatic N) is 3. The summed E-state index contributed by atoms with van der Waals surface area (Å²) in [4.78, 5) is 4.59. The van der Waals surface area contributed by atoms with E-state index >= 15 is 0 Å². The van der Waals surface area contributed by atoms with E-state index < -0.39 is 0 Å². The van der Waals surface area contributed by atoms with Crippen LogP contribution < -0.4 is 9.47 Å². The van der Waals surface area contributed by atoms with Crippen molar-refractivity contribution in [2.24, 2.45) is 0 Å². The van der Waals surface area contributed by atoms with E-state index in [-0.39, 0.29) is 0 Å². The first kappa shape index (κ1) is 34.3. The zero-order chi connectivity index (χ0) is 31.4. The standard InChI is InChI=1S/C40H55N3O2/c1-3-5-7-9-11-13-15-19-31-44-36-26-22-34(23-27-36)38-33-39(43(42-38)40-21-17-18-30-41-40)35-24-28-37(29-25-35)45-32-20-16-14-12-10-8-6-4-2/h17-18,21-30,33H,3-16,19-20,31-32H2,1-2H3. The van der Waals surface area contributed by atoms with E-state index in [0.29, 0.717) is 0 Å². The molecule has 0 radical (unpaired) electrons. The molecule has 0 aliphatic rings. The number of hydrogen-bond acceptors (Lipinski definition) is 4. The Bertz CT molecular complexity index is 1320. The molecule has 45 heavy (non-hydrogen) atoms. The highest BCUT2D eigenvalue weighted by molar-refractivity contribution is 5.70. The van der Waals surface area contributed by atoms with Crippen molar-refractivity contribution in [1.82, 2.24) is 14.8 Å². The molecule has 242 valence electrons. The van der Waals surface area contributed by atoms with E-state index in [1.165, 1.54) is 89.9 Å². The molecule has 2 aromatic carbocycles. The predicted octanol–water partition coefficient (Wildman–Crippen LogP) is 11.6. The predicted molar refractivity (Wildman–Crippen MR) is 188 cm³/mol. The van der Waals surface area contributed by atoms with E-state index in [4.69, 9.17) is 14.6 Å². The van der Waals surface area contributed by atoms with Gasteiger partial charge in [-0.05, 0) is 79.6 Å². The van der Waals surface area contributed by atoms with Gasteiger partial charge in [-0.1, -0.05) is 110 Å². The van der Waals surface area contributed by atoms with Gasteiger partial charge in [-0.2, -0.15) is 5.10 Å². The highest BCUT2D eigenvalue weighted by atomic mass is 16.5. The molecule has 2 aromatic heterocycles. The van der Waals surface area contributed by atoms with Gasteiger partial charge < -0.3 is 9.47 Å². The Morgan fingerprint density at radius 2 is 1.02 bits per heavy atom. The highest BCUT2D eigenvalue weighted by Gasteiger charge is 2.14. The first-order chi connectivity index (χ1) is 22.3. The molecule has 5 heteroatoms. The molecule has 0 saturated heterocycles. The Morgan fingerprint density at radius 1 is 0.533 bits per heavy atom. The maximum Gasteiger partial charge on any atom is 0.153 e. The van der Waals surface area contributed by atoms with Gasteiger partial charge in [0.2, 0.25) is 0 Å². The molecule has 0 aliphatic carbocycles. The minimum absolute atomic E-state index is 0.767. The van der Waals surface area contributed by atoms with Crippen LogP contribution in [0.25, 0.3) is 28.3 Å². The van der Waals surface area contributed by atoms with Crippen LogP contribution in [0.4, 0.5) is 0 Å². The summed E-state index contributed by atoms with van der Waals surface area (Å²) in [6.07, 6.45) is 22.6. The van der Waals surface area contributed by atoms with Gasteiger partial charge >= 0.3 is 0 Å². The van der Waals surface area contributed by atoms with Crippen LogP contribution in [0.15, 0.2) is 79.0 Å². The van der Waals surface area contributed by atoms with Crippen LogP contribution in [0.2, 0.25) is 0 Å². The third-order valence-corrected chi connectivity index (χ3v) is 8.41. The van der Waals surface area contributed by atoms with Gasteiger partial charge in [0.15, 0.2) is 5.82 Å². The number of pyridine rings is 1. The number of hydrogen-bond donors (Lipinski definition) is 0. The molecule has 0 atom stereocenters. The first-order valence-electron chi connectivity index (χ1n) is 17.8. The number of unbranched alkanes of at least 4 members (excludes halogenated alkanes) is 14. The third-order valence-electron chi connectivity index (χ3n) is 8.41. The van der Waals surface area contributed by atoms with Crippen molar-refractivity contribution >= 4 is 0 Å². The molecule has 0 bridgehead atoms. The SMILES string of the molecule is CCCCCCCCCCOc1ccc(-c2cc(-c3ccc(OCCCCCCCCCC)cc3)n(-c3ccccn3)n2)cc1. The molecule has 2 heterocycles. The van der Waals surface area contributed by atoms with Crippen molar-refractivity contribution in [1.29, 1.82) is 0 Å². The smallest absolute Gasteiger partial charge is 0.153 e. The van der Waals surface area contributed by atoms with Crippen LogP contribution >= 0.6 is 0 Å². The summed E-state index contributed by atoms with van der Waals surface area (Å²) in [6, 6.07) is 24.7. The van der Waals surface area contributed by atoms with E-state index in [0.717, 1.165) is 65.9 Å². The van der Waals surface area contributed by atoms with Crippen LogP contribution in [-0.2, 0) is 0 Å². The van der Waals surface area contributed by atoms with Crippen molar-refractivity contribution in [3.05, 3.63) is 79.0 Å². The summed E-state index contributed by atoms with van der Waals surface area (Å²) in [5.74, 6) is 2.61. The van der Waals surface area contributed by atoms with E-state index in [1.807, 2.05) is 22.9 Å². The summed E-state index contributed by atoms with van der Waals surface area (Å²) >= 11 is 0. The maximum atomic E-state index is 6.06. The largest absolute Gasteiger partial charge is 0.494 e. The fourth-order valence-electron chi connectivity index (χ4n) is 5.68. The van der Waals surface area contributed by atoms with Gasteiger partial charge in [-0.25, -0.2) is 9.67 Å². The van der Waals surface area contributed by atoms with Crippen LogP contribution in [-0.4, -0.2) is 28.0 Å². The normalized spacial score (nSPS) is 11.2. The molecule has 0 saturated carbocycles. The molecule has 0 fully saturated rings. The van der Waals surface area contributed by atoms with Gasteiger partial charge in [0.05, 0.1) is 24.6 Å². The topological polar surface area (TPSA) is 49.2 Å². The molecular formula is C40H55N3O2. The fourth-order valence-corrected chi connectivity index (χ4v) is 5.68. The Hall–Kier alpha value is -3.60. The monoisotopic (exact) mass is 609 g/mol. The van der Waals surface area contributed by atoms with E-state index in [2.05, 4.69) is 73.4 Å². The number of rotatable bonds is 23. The van der Waals surface area contributed by atoms with Crippen LogP contribution in [0.5, 0.6) is 11.5 Å². The van der Waals surface area contributed by atoms with Gasteiger partial charge in [-0.3, -0.25) is 0 Å². The van der Waals surface area contributed by atoms with Crippen molar-refractivity contribution < 1.29 is 9.47 Å². The molecule has 0 N–H and O–H groups in total. The lowest BCUT2D eigenvalue weighted by Crippen LogP contribution is -2.01. The fraction of sp³-hybridized carbons (Fsp3) is 0.500. The Labute approximate surface area is 272 Å². The first-order valence-corrected chi connectivity index (χ1v) is 17.8. The van der Waals surface area contributed by atoms with Crippen LogP contribution in [0.1, 0.15) is 117 Å². The van der Waals surface area contributed by atoms with E-state index in [9.17, 15) is 0 Å². The second-order valence-corrected chi connectivity index (χ2v) is 12.2. The summed E-state index contributed by atoms with van der Waals surface area (Å²) < 4.78 is 14.0. The second kappa shape index (κ2) is 20.4. The molecule has 0 unspecified atom stereocenters. The molecular weight excluding hydrogens is 554 g/mol. The lowest BCUT2D eigenvalue weighted by Gasteiger charge is -2.09. The number of ether oxygens (including phenoxy) is 2. The zero-order valence-electron chi connectivity index (χ0n) is 27.9. The number of benzene rings is 2. The highest BCUT2D eigenvalue weighted by Crippen LogP contribution is 2.30. The average Bonchev–Trinajstić information content (AvgIpc) is 3.53. The Kier molecular flexibility index (Phi) is 15.6. The van der Waals surface area contributed by atoms with Crippen LogP contribution in [0.3, 0.4) is 0 Å². The molecule has 4 aromatic rings. The third kappa shape index (κ3) is 12.0. The summed E-state index contributed by atoms with van der Waals surface area (Å²) in [5.41, 5.74) is 4.02. The van der Waals surface area contributed by atoms with Crippen molar-refractivity contribution in [3.63, 3.8) is 0 Å². The molecule has 0 spiro atoms. The second-order valence-electron chi connectivity index (χ2n) is 12.2. The van der Waals surface area contributed by atoms with E-state index in [1.54, 1.807) is 6.20 Å². The Balaban J connectivity index is 1.31. The zero-order valence-corrected chi connectivity index (χ0v) is 27.9. The minimum atomic E-state index is 0.767. The molecule has 5 nitrogen and oxygen atoms in total. The summed E-state index contributed by atoms with van der Waals surface area (Å²) in [7, 11) is 0.